The average molecular weight is 466 g/mol. The summed E-state index contributed by atoms with van der Waals surface area (Å²) in [5, 5.41) is 0. The number of rotatable bonds is 8. The number of benzene rings is 2. The van der Waals surface area contributed by atoms with E-state index in [0.29, 0.717) is 0 Å². The van der Waals surface area contributed by atoms with Crippen LogP contribution in [-0.2, 0) is 27.7 Å². The minimum atomic E-state index is -5.52. The summed E-state index contributed by atoms with van der Waals surface area (Å²) in [7, 11) is -15.9. The first kappa shape index (κ1) is 23.8. The Balaban J connectivity index is 2.33. The highest BCUT2D eigenvalue weighted by Gasteiger charge is 2.45. The molecule has 2 aromatic rings. The molecular formula is C16H21O10P3. The summed E-state index contributed by atoms with van der Waals surface area (Å²) in [4.78, 5) is 27.1. The van der Waals surface area contributed by atoms with Crippen molar-refractivity contribution in [3.05, 3.63) is 60.2 Å². The highest BCUT2D eigenvalue weighted by molar-refractivity contribution is 7.67. The summed E-state index contributed by atoms with van der Waals surface area (Å²) in [6, 6.07) is 13.7. The molecule has 0 aliphatic carbocycles. The first-order chi connectivity index (χ1) is 13.2. The van der Waals surface area contributed by atoms with E-state index in [1.54, 1.807) is 18.2 Å². The molecule has 0 aliphatic heterocycles. The van der Waals surface area contributed by atoms with E-state index in [9.17, 15) is 18.6 Å². The van der Waals surface area contributed by atoms with Crippen LogP contribution in [0, 0.1) is 0 Å². The second-order valence-corrected chi connectivity index (χ2v) is 11.3. The van der Waals surface area contributed by atoms with Crippen LogP contribution in [0.5, 0.6) is 11.5 Å². The fraction of sp³-hybridized carbons (Fsp3) is 0.250. The van der Waals surface area contributed by atoms with Crippen molar-refractivity contribution in [3.63, 3.8) is 0 Å². The van der Waals surface area contributed by atoms with E-state index in [4.69, 9.17) is 18.8 Å². The molecule has 0 aliphatic rings. The van der Waals surface area contributed by atoms with Crippen LogP contribution in [0.25, 0.3) is 0 Å². The van der Waals surface area contributed by atoms with Crippen molar-refractivity contribution in [1.82, 2.24) is 0 Å². The molecular weight excluding hydrogens is 445 g/mol. The molecule has 0 bridgehead atoms. The summed E-state index contributed by atoms with van der Waals surface area (Å²) in [6.07, 6.45) is 0. The van der Waals surface area contributed by atoms with Crippen LogP contribution in [0.15, 0.2) is 54.6 Å². The molecule has 0 heterocycles. The van der Waals surface area contributed by atoms with E-state index in [2.05, 4.69) is 8.62 Å². The van der Waals surface area contributed by atoms with Gasteiger partial charge in [0.2, 0.25) is 0 Å². The van der Waals surface area contributed by atoms with Crippen LogP contribution in [0.4, 0.5) is 0 Å². The van der Waals surface area contributed by atoms with Gasteiger partial charge in [-0.1, -0.05) is 51.1 Å². The predicted molar refractivity (Wildman–Crippen MR) is 104 cm³/mol. The van der Waals surface area contributed by atoms with Crippen LogP contribution < -0.4 is 9.05 Å². The van der Waals surface area contributed by atoms with Gasteiger partial charge < -0.3 is 23.7 Å². The lowest BCUT2D eigenvalue weighted by Gasteiger charge is -2.22. The van der Waals surface area contributed by atoms with Gasteiger partial charge in [-0.15, -0.1) is 0 Å². The fourth-order valence-electron chi connectivity index (χ4n) is 2.08. The maximum atomic E-state index is 13.0. The largest absolute Gasteiger partial charge is 0.596 e. The van der Waals surface area contributed by atoms with Crippen molar-refractivity contribution in [2.45, 2.75) is 26.2 Å². The van der Waals surface area contributed by atoms with Crippen LogP contribution >= 0.6 is 23.5 Å². The molecule has 160 valence electrons. The second-order valence-electron chi connectivity index (χ2n) is 6.84. The molecule has 0 saturated heterocycles. The third kappa shape index (κ3) is 8.05. The molecule has 29 heavy (non-hydrogen) atoms. The lowest BCUT2D eigenvalue weighted by atomic mass is 9.87. The van der Waals surface area contributed by atoms with Crippen LogP contribution in [0.2, 0.25) is 0 Å². The van der Waals surface area contributed by atoms with Crippen LogP contribution in [-0.4, -0.2) is 14.7 Å². The minimum absolute atomic E-state index is 0.0338. The highest BCUT2D eigenvalue weighted by Crippen LogP contribution is 2.67. The number of phosphoric acid groups is 3. The number of phosphoric ester groups is 1. The minimum Gasteiger partial charge on any atom is -0.395 e. The molecule has 2 aromatic carbocycles. The summed E-state index contributed by atoms with van der Waals surface area (Å²) in [5.74, 6) is -0.0771. The zero-order chi connectivity index (χ0) is 21.9. The molecule has 13 heteroatoms. The van der Waals surface area contributed by atoms with Gasteiger partial charge in [0, 0.05) is 0 Å². The molecule has 0 amide bonds. The molecule has 3 N–H and O–H groups in total. The van der Waals surface area contributed by atoms with E-state index in [1.165, 1.54) is 36.4 Å². The van der Waals surface area contributed by atoms with Gasteiger partial charge in [-0.2, -0.15) is 8.62 Å². The fourth-order valence-corrected chi connectivity index (χ4v) is 5.62. The van der Waals surface area contributed by atoms with E-state index >= 15 is 0 Å². The Labute approximate surface area is 167 Å². The standard InChI is InChI=1S/C16H21O10P3/c1-16(2,3)13-9-11-15(12-10-13)24-29(22,23-14-7-5-4-6-8-14)26-28(20,21)25-27(17,18)19/h4-12H,1-3H3,(H,20,21)(H2,17,18,19). The van der Waals surface area contributed by atoms with E-state index < -0.39 is 23.5 Å². The third-order valence-electron chi connectivity index (χ3n) is 3.31. The molecule has 10 nitrogen and oxygen atoms in total. The first-order valence-corrected chi connectivity index (χ1v) is 12.6. The van der Waals surface area contributed by atoms with E-state index in [-0.39, 0.29) is 16.9 Å². The molecule has 0 spiro atoms. The lowest BCUT2D eigenvalue weighted by molar-refractivity contribution is 0.209. The molecule has 0 aromatic heterocycles. The summed E-state index contributed by atoms with van der Waals surface area (Å²) < 4.78 is 54.1. The molecule has 0 fully saturated rings. The van der Waals surface area contributed by atoms with Gasteiger partial charge in [-0.25, -0.2) is 13.7 Å². The highest BCUT2D eigenvalue weighted by atomic mass is 31.3. The molecule has 0 radical (unpaired) electrons. The van der Waals surface area contributed by atoms with Gasteiger partial charge in [0.15, 0.2) is 0 Å². The maximum Gasteiger partial charge on any atom is 0.596 e. The van der Waals surface area contributed by atoms with Gasteiger partial charge in [-0.3, -0.25) is 0 Å². The Kier molecular flexibility index (Phi) is 7.16. The summed E-state index contributed by atoms with van der Waals surface area (Å²) >= 11 is 0. The SMILES string of the molecule is CC(C)(C)c1ccc(OP(=O)(Oc2ccccc2)OP(=O)(O)OP(=O)(O)O)cc1. The molecule has 0 saturated carbocycles. The zero-order valence-corrected chi connectivity index (χ0v) is 18.4. The smallest absolute Gasteiger partial charge is 0.395 e. The Hall–Kier alpha value is -1.47. The van der Waals surface area contributed by atoms with Crippen molar-refractivity contribution >= 4 is 23.5 Å². The number of hydrogen-bond acceptors (Lipinski definition) is 7. The molecule has 2 unspecified atom stereocenters. The van der Waals surface area contributed by atoms with Gasteiger partial charge in [0.05, 0.1) is 0 Å². The second kappa shape index (κ2) is 8.72. The van der Waals surface area contributed by atoms with Crippen molar-refractivity contribution < 1.29 is 46.0 Å². The van der Waals surface area contributed by atoms with Gasteiger partial charge in [0.1, 0.15) is 11.5 Å². The average Bonchev–Trinajstić information content (AvgIpc) is 2.51. The van der Waals surface area contributed by atoms with E-state index in [0.717, 1.165) is 5.56 Å². The Morgan fingerprint density at radius 3 is 1.66 bits per heavy atom. The third-order valence-corrected chi connectivity index (χ3v) is 7.48. The molecule has 2 rings (SSSR count). The monoisotopic (exact) mass is 466 g/mol. The van der Waals surface area contributed by atoms with Gasteiger partial charge in [0.25, 0.3) is 0 Å². The normalized spacial score (nSPS) is 16.5. The van der Waals surface area contributed by atoms with Gasteiger partial charge in [-0.05, 0) is 35.2 Å². The van der Waals surface area contributed by atoms with E-state index in [1.807, 2.05) is 20.8 Å². The summed E-state index contributed by atoms with van der Waals surface area (Å²) in [5.41, 5.74) is 0.763. The van der Waals surface area contributed by atoms with Crippen molar-refractivity contribution in [1.29, 1.82) is 0 Å². The Morgan fingerprint density at radius 1 is 0.724 bits per heavy atom. The topological polar surface area (TPSA) is 149 Å². The Bertz CT molecular complexity index is 963. The summed E-state index contributed by atoms with van der Waals surface area (Å²) in [6.45, 7) is 5.95. The zero-order valence-electron chi connectivity index (χ0n) is 15.7. The first-order valence-electron chi connectivity index (χ1n) is 8.13. The van der Waals surface area contributed by atoms with Crippen LogP contribution in [0.3, 0.4) is 0 Å². The van der Waals surface area contributed by atoms with Crippen LogP contribution in [0.1, 0.15) is 26.3 Å². The quantitative estimate of drug-likeness (QED) is 0.464. The maximum absolute atomic E-state index is 13.0. The van der Waals surface area contributed by atoms with Gasteiger partial charge >= 0.3 is 23.5 Å². The predicted octanol–water partition coefficient (Wildman–Crippen LogP) is 4.78. The van der Waals surface area contributed by atoms with Crippen molar-refractivity contribution in [2.24, 2.45) is 0 Å². The lowest BCUT2D eigenvalue weighted by Crippen LogP contribution is -2.10. The van der Waals surface area contributed by atoms with Crippen molar-refractivity contribution in [2.75, 3.05) is 0 Å². The number of hydrogen-bond donors (Lipinski definition) is 3. The number of para-hydroxylation sites is 1. The molecule has 2 atom stereocenters. The Morgan fingerprint density at radius 2 is 1.21 bits per heavy atom. The van der Waals surface area contributed by atoms with Crippen molar-refractivity contribution in [3.8, 4) is 11.5 Å².